The molecule has 0 aromatic rings. The second-order valence-corrected chi connectivity index (χ2v) is 16.5. The van der Waals surface area contributed by atoms with E-state index in [0.717, 1.165) is 44.9 Å². The van der Waals surface area contributed by atoms with Gasteiger partial charge in [-0.1, -0.05) is 172 Å². The minimum absolute atomic E-state index is 0.0434. The van der Waals surface area contributed by atoms with Crippen LogP contribution < -0.4 is 11.1 Å². The van der Waals surface area contributed by atoms with Crippen LogP contribution in [0.2, 0.25) is 0 Å². The highest BCUT2D eigenvalue weighted by Crippen LogP contribution is 2.43. The van der Waals surface area contributed by atoms with E-state index in [1.54, 1.807) is 6.08 Å². The molecule has 0 aliphatic carbocycles. The van der Waals surface area contributed by atoms with Gasteiger partial charge in [0.1, 0.15) is 0 Å². The van der Waals surface area contributed by atoms with E-state index < -0.39 is 38.6 Å². The first kappa shape index (κ1) is 52.7. The number of nitrogens with two attached hydrogens (primary N) is 1. The van der Waals surface area contributed by atoms with Crippen molar-refractivity contribution >= 4 is 13.7 Å². The predicted octanol–water partition coefficient (Wildman–Crippen LogP) is 11.3. The van der Waals surface area contributed by atoms with Crippen LogP contribution in [0, 0.1) is 0 Å². The second-order valence-electron chi connectivity index (χ2n) is 15.1. The number of phosphoric ester groups is 1. The molecular weight excluding hydrogens is 699 g/mol. The lowest BCUT2D eigenvalue weighted by Gasteiger charge is -2.24. The third kappa shape index (κ3) is 37.6. The molecule has 6 N–H and O–H groups in total. The first-order valence-electron chi connectivity index (χ1n) is 22.2. The van der Waals surface area contributed by atoms with Gasteiger partial charge in [-0.05, 0) is 57.8 Å². The summed E-state index contributed by atoms with van der Waals surface area (Å²) in [4.78, 5) is 22.7. The van der Waals surface area contributed by atoms with E-state index in [1.807, 2.05) is 6.08 Å². The Morgan fingerprint density at radius 2 is 1.06 bits per heavy atom. The molecule has 4 unspecified atom stereocenters. The molecular formula is C44H85N2O7P. The first-order valence-corrected chi connectivity index (χ1v) is 23.7. The Morgan fingerprint density at radius 3 is 1.54 bits per heavy atom. The van der Waals surface area contributed by atoms with E-state index in [-0.39, 0.29) is 19.6 Å². The number of rotatable bonds is 41. The summed E-state index contributed by atoms with van der Waals surface area (Å²) < 4.78 is 22.1. The van der Waals surface area contributed by atoms with Crippen molar-refractivity contribution in [3.05, 3.63) is 36.5 Å². The van der Waals surface area contributed by atoms with Gasteiger partial charge in [0.05, 0.1) is 37.9 Å². The number of carbonyl (C=O) groups excluding carboxylic acids is 1. The van der Waals surface area contributed by atoms with Gasteiger partial charge in [0.2, 0.25) is 5.91 Å². The Labute approximate surface area is 332 Å². The number of phosphoric acid groups is 1. The molecule has 1 amide bonds. The van der Waals surface area contributed by atoms with Crippen LogP contribution >= 0.6 is 7.82 Å². The quantitative estimate of drug-likeness (QED) is 0.0233. The molecule has 0 fully saturated rings. The number of unbranched alkanes of at least 4 members (excludes halogenated alkanes) is 23. The SMILES string of the molecule is CCCCCCCCCC/C=C\CCCCCCCC(O)CC(=O)NC(COP(=O)(O)OCCN)C(O)/C=C/CC/C=C/CCCCCCCCCCC. The van der Waals surface area contributed by atoms with Crippen LogP contribution in [0.1, 0.15) is 200 Å². The van der Waals surface area contributed by atoms with Crippen LogP contribution in [0.4, 0.5) is 0 Å². The summed E-state index contributed by atoms with van der Waals surface area (Å²) in [5.74, 6) is -0.461. The number of allylic oxidation sites excluding steroid dienone is 5. The van der Waals surface area contributed by atoms with Gasteiger partial charge in [0.25, 0.3) is 0 Å². The number of carbonyl (C=O) groups is 1. The summed E-state index contributed by atoms with van der Waals surface area (Å²) in [7, 11) is -4.41. The molecule has 9 nitrogen and oxygen atoms in total. The van der Waals surface area contributed by atoms with E-state index in [4.69, 9.17) is 14.8 Å². The molecule has 0 aromatic carbocycles. The highest BCUT2D eigenvalue weighted by molar-refractivity contribution is 7.47. The van der Waals surface area contributed by atoms with Crippen LogP contribution in [0.15, 0.2) is 36.5 Å². The van der Waals surface area contributed by atoms with Crippen molar-refractivity contribution in [3.8, 4) is 0 Å². The summed E-state index contributed by atoms with van der Waals surface area (Å²) in [5.41, 5.74) is 5.36. The van der Waals surface area contributed by atoms with Gasteiger partial charge in [-0.25, -0.2) is 4.57 Å². The molecule has 0 saturated heterocycles. The average Bonchev–Trinajstić information content (AvgIpc) is 3.15. The lowest BCUT2D eigenvalue weighted by Crippen LogP contribution is -2.46. The zero-order valence-corrected chi connectivity index (χ0v) is 35.7. The lowest BCUT2D eigenvalue weighted by atomic mass is 10.0. The molecule has 0 saturated carbocycles. The van der Waals surface area contributed by atoms with E-state index in [1.165, 1.54) is 122 Å². The third-order valence-corrected chi connectivity index (χ3v) is 10.7. The van der Waals surface area contributed by atoms with Crippen molar-refractivity contribution in [1.29, 1.82) is 0 Å². The molecule has 0 bridgehead atoms. The molecule has 0 aliphatic heterocycles. The van der Waals surface area contributed by atoms with Crippen molar-refractivity contribution in [2.75, 3.05) is 19.8 Å². The Kier molecular flexibility index (Phi) is 38.9. The van der Waals surface area contributed by atoms with Crippen LogP contribution in [0.5, 0.6) is 0 Å². The molecule has 10 heteroatoms. The number of aliphatic hydroxyl groups excluding tert-OH is 2. The van der Waals surface area contributed by atoms with Gasteiger partial charge in [0.15, 0.2) is 0 Å². The lowest BCUT2D eigenvalue weighted by molar-refractivity contribution is -0.124. The minimum Gasteiger partial charge on any atom is -0.393 e. The largest absolute Gasteiger partial charge is 0.472 e. The fourth-order valence-electron chi connectivity index (χ4n) is 6.36. The zero-order valence-electron chi connectivity index (χ0n) is 34.8. The van der Waals surface area contributed by atoms with Crippen molar-refractivity contribution in [2.24, 2.45) is 5.73 Å². The fourth-order valence-corrected chi connectivity index (χ4v) is 7.12. The van der Waals surface area contributed by atoms with Gasteiger partial charge in [-0.2, -0.15) is 0 Å². The number of hydrogen-bond donors (Lipinski definition) is 5. The van der Waals surface area contributed by atoms with Crippen molar-refractivity contribution < 1.29 is 33.5 Å². The summed E-state index contributed by atoms with van der Waals surface area (Å²) in [6.45, 7) is 3.94. The summed E-state index contributed by atoms with van der Waals surface area (Å²) in [6.07, 6.45) is 43.7. The topological polar surface area (TPSA) is 151 Å². The second kappa shape index (κ2) is 39.9. The Bertz CT molecular complexity index is 961. The highest BCUT2D eigenvalue weighted by Gasteiger charge is 2.27. The molecule has 0 spiro atoms. The van der Waals surface area contributed by atoms with Gasteiger partial charge in [-0.3, -0.25) is 13.8 Å². The maximum Gasteiger partial charge on any atom is 0.472 e. The highest BCUT2D eigenvalue weighted by atomic mass is 31.2. The zero-order chi connectivity index (χ0) is 39.8. The summed E-state index contributed by atoms with van der Waals surface area (Å²) in [6, 6.07) is -1.00. The van der Waals surface area contributed by atoms with Gasteiger partial charge < -0.3 is 26.2 Å². The molecule has 0 rings (SSSR count). The van der Waals surface area contributed by atoms with Crippen molar-refractivity contribution in [1.82, 2.24) is 5.32 Å². The van der Waals surface area contributed by atoms with E-state index in [2.05, 4.69) is 43.5 Å². The van der Waals surface area contributed by atoms with Gasteiger partial charge in [-0.15, -0.1) is 0 Å². The smallest absolute Gasteiger partial charge is 0.393 e. The summed E-state index contributed by atoms with van der Waals surface area (Å²) in [5, 5.41) is 24.0. The van der Waals surface area contributed by atoms with Crippen LogP contribution in [0.25, 0.3) is 0 Å². The average molecular weight is 785 g/mol. The van der Waals surface area contributed by atoms with E-state index in [0.29, 0.717) is 12.8 Å². The molecule has 318 valence electrons. The predicted molar refractivity (Wildman–Crippen MR) is 227 cm³/mol. The molecule has 4 atom stereocenters. The molecule has 54 heavy (non-hydrogen) atoms. The van der Waals surface area contributed by atoms with Crippen LogP contribution in [0.3, 0.4) is 0 Å². The van der Waals surface area contributed by atoms with E-state index >= 15 is 0 Å². The molecule has 0 radical (unpaired) electrons. The number of amides is 1. The summed E-state index contributed by atoms with van der Waals surface area (Å²) >= 11 is 0. The monoisotopic (exact) mass is 785 g/mol. The van der Waals surface area contributed by atoms with Gasteiger partial charge in [0, 0.05) is 6.54 Å². The third-order valence-electron chi connectivity index (χ3n) is 9.74. The standard InChI is InChI=1S/C44H85N2O7P/c1-3-5-7-9-11-13-15-17-19-20-22-23-25-27-29-31-33-35-41(47)39-44(49)46-42(40-53-54(50,51)52-38-37-45)43(48)36-34-32-30-28-26-24-21-18-16-14-12-10-8-6-4-2/h20,22,26,28,34,36,41-43,47-48H,3-19,21,23-25,27,29-33,35,37-40,45H2,1-2H3,(H,46,49)(H,50,51)/b22-20-,28-26+,36-34+. The molecule has 0 aromatic heterocycles. The molecule has 0 heterocycles. The number of hydrogen-bond acceptors (Lipinski definition) is 7. The Hall–Kier alpha value is -1.32. The fraction of sp³-hybridized carbons (Fsp3) is 0.841. The minimum atomic E-state index is -4.41. The van der Waals surface area contributed by atoms with Gasteiger partial charge >= 0.3 is 7.82 Å². The van der Waals surface area contributed by atoms with E-state index in [9.17, 15) is 24.5 Å². The van der Waals surface area contributed by atoms with Crippen LogP contribution in [-0.4, -0.2) is 59.0 Å². The Morgan fingerprint density at radius 1 is 0.630 bits per heavy atom. The number of aliphatic hydroxyl groups is 2. The maximum absolute atomic E-state index is 12.8. The van der Waals surface area contributed by atoms with Crippen molar-refractivity contribution in [3.63, 3.8) is 0 Å². The first-order chi connectivity index (χ1) is 26.3. The number of nitrogens with one attached hydrogen (secondary N) is 1. The van der Waals surface area contributed by atoms with Crippen LogP contribution in [-0.2, 0) is 18.4 Å². The maximum atomic E-state index is 12.8. The molecule has 0 aliphatic rings. The Balaban J connectivity index is 4.36. The van der Waals surface area contributed by atoms with Crippen molar-refractivity contribution in [2.45, 2.75) is 218 Å². The normalized spacial score (nSPS) is 15.0.